The fourth-order valence-corrected chi connectivity index (χ4v) is 4.18. The molecule has 0 fully saturated rings. The lowest BCUT2D eigenvalue weighted by atomic mass is 9.88. The molecule has 7 heteroatoms. The Balaban J connectivity index is 1.89. The van der Waals surface area contributed by atoms with Crippen LogP contribution in [0.2, 0.25) is 0 Å². The summed E-state index contributed by atoms with van der Waals surface area (Å²) >= 11 is 0. The third-order valence-corrected chi connectivity index (χ3v) is 5.87. The Morgan fingerprint density at radius 1 is 0.829 bits per heavy atom. The quantitative estimate of drug-likeness (QED) is 0.145. The molecule has 0 amide bonds. The van der Waals surface area contributed by atoms with Gasteiger partial charge in [0, 0.05) is 6.54 Å². The summed E-state index contributed by atoms with van der Waals surface area (Å²) in [4.78, 5) is 18.3. The molecule has 0 saturated carbocycles. The summed E-state index contributed by atoms with van der Waals surface area (Å²) in [5.41, 5.74) is 5.43. The predicted octanol–water partition coefficient (Wildman–Crippen LogP) is 5.39. The van der Waals surface area contributed by atoms with E-state index < -0.39 is 14.7 Å². The second-order valence-electron chi connectivity index (χ2n) is 8.13. The van der Waals surface area contributed by atoms with Crippen molar-refractivity contribution < 1.29 is 24.2 Å². The van der Waals surface area contributed by atoms with Crippen molar-refractivity contribution in [2.24, 2.45) is 0 Å². The van der Waals surface area contributed by atoms with Crippen LogP contribution in [0.15, 0.2) is 78.9 Å². The molecular formula is C28H34NO5P. The molecule has 0 saturated heterocycles. The van der Waals surface area contributed by atoms with Crippen molar-refractivity contribution in [3.05, 3.63) is 95.6 Å². The van der Waals surface area contributed by atoms with Gasteiger partial charge in [0.15, 0.2) is 0 Å². The molecule has 0 bridgehead atoms. The van der Waals surface area contributed by atoms with E-state index in [1.165, 1.54) is 5.57 Å². The van der Waals surface area contributed by atoms with E-state index in [4.69, 9.17) is 19.0 Å². The van der Waals surface area contributed by atoms with Crippen LogP contribution in [0.1, 0.15) is 43.4 Å². The normalized spacial score (nSPS) is 12.9. The van der Waals surface area contributed by atoms with Crippen LogP contribution >= 0.6 is 8.60 Å². The minimum absolute atomic E-state index is 0.225. The van der Waals surface area contributed by atoms with Crippen LogP contribution in [0.5, 0.6) is 11.5 Å². The molecule has 0 aliphatic heterocycles. The Labute approximate surface area is 208 Å². The number of hydrogen-bond acceptors (Lipinski definition) is 6. The van der Waals surface area contributed by atoms with E-state index in [2.05, 4.69) is 31.3 Å². The summed E-state index contributed by atoms with van der Waals surface area (Å²) in [7, 11) is -2.46. The molecule has 0 aliphatic carbocycles. The zero-order valence-electron chi connectivity index (χ0n) is 20.2. The summed E-state index contributed by atoms with van der Waals surface area (Å²) in [6, 6.07) is 25.5. The fraction of sp³-hybridized carbons (Fsp3) is 0.286. The van der Waals surface area contributed by atoms with Crippen LogP contribution in [0.25, 0.3) is 11.1 Å². The molecule has 0 aliphatic rings. The van der Waals surface area contributed by atoms with Crippen molar-refractivity contribution >= 4 is 19.7 Å². The van der Waals surface area contributed by atoms with Crippen LogP contribution < -0.4 is 14.6 Å². The third-order valence-electron chi connectivity index (χ3n) is 5.50. The van der Waals surface area contributed by atoms with E-state index in [1.807, 2.05) is 54.6 Å². The lowest BCUT2D eigenvalue weighted by molar-refractivity contribution is 0.106. The molecule has 4 N–H and O–H groups in total. The molecule has 3 aromatic rings. The van der Waals surface area contributed by atoms with Gasteiger partial charge in [-0.1, -0.05) is 68.4 Å². The zero-order chi connectivity index (χ0) is 25.0. The standard InChI is InChI=1S/C28H34NO5P/c1-3-18-29-19-24(30)20-33-25-14-10-22(11-15-25)28(27(4-2)21-8-6-5-7-9-21)23-12-16-26(17-13-23)34-35(31)32/h5-17,24,29-32H,3-4,18-20H2,1-2H3. The number of ether oxygens (including phenoxy) is 1. The third kappa shape index (κ3) is 8.17. The van der Waals surface area contributed by atoms with Crippen LogP contribution in [-0.2, 0) is 0 Å². The molecule has 3 rings (SSSR count). The van der Waals surface area contributed by atoms with Gasteiger partial charge in [-0.3, -0.25) is 0 Å². The van der Waals surface area contributed by atoms with E-state index in [0.29, 0.717) is 18.0 Å². The van der Waals surface area contributed by atoms with Crippen LogP contribution in [0.3, 0.4) is 0 Å². The molecule has 1 unspecified atom stereocenters. The van der Waals surface area contributed by atoms with E-state index in [-0.39, 0.29) is 6.61 Å². The maximum atomic E-state index is 10.1. The highest BCUT2D eigenvalue weighted by atomic mass is 31.2. The van der Waals surface area contributed by atoms with Crippen LogP contribution in [0, 0.1) is 0 Å². The van der Waals surface area contributed by atoms with Gasteiger partial charge in [0.2, 0.25) is 0 Å². The number of nitrogens with one attached hydrogen (secondary N) is 1. The molecular weight excluding hydrogens is 461 g/mol. The molecule has 6 nitrogen and oxygen atoms in total. The zero-order valence-corrected chi connectivity index (χ0v) is 21.1. The lowest BCUT2D eigenvalue weighted by Crippen LogP contribution is -2.31. The van der Waals surface area contributed by atoms with Crippen molar-refractivity contribution in [3.8, 4) is 11.5 Å². The average molecular weight is 496 g/mol. The largest absolute Gasteiger partial charge is 0.491 e. The first-order valence-corrected chi connectivity index (χ1v) is 13.0. The maximum absolute atomic E-state index is 10.1. The number of aliphatic hydroxyl groups excluding tert-OH is 1. The van der Waals surface area contributed by atoms with Crippen LogP contribution in [-0.4, -0.2) is 40.7 Å². The average Bonchev–Trinajstić information content (AvgIpc) is 2.87. The van der Waals surface area contributed by atoms with E-state index in [0.717, 1.165) is 41.6 Å². The van der Waals surface area contributed by atoms with Gasteiger partial charge in [-0.2, -0.15) is 0 Å². The van der Waals surface area contributed by atoms with Crippen molar-refractivity contribution in [2.45, 2.75) is 32.8 Å². The highest BCUT2D eigenvalue weighted by molar-refractivity contribution is 7.39. The van der Waals surface area contributed by atoms with Crippen molar-refractivity contribution in [1.29, 1.82) is 0 Å². The smallest absolute Gasteiger partial charge is 0.391 e. The second kappa shape index (κ2) is 14.0. The Kier molecular flexibility index (Phi) is 10.7. The van der Waals surface area contributed by atoms with E-state index in [9.17, 15) is 5.11 Å². The highest BCUT2D eigenvalue weighted by Crippen LogP contribution is 2.36. The summed E-state index contributed by atoms with van der Waals surface area (Å²) < 4.78 is 10.8. The molecule has 0 spiro atoms. The van der Waals surface area contributed by atoms with Crippen LogP contribution in [0.4, 0.5) is 0 Å². The monoisotopic (exact) mass is 495 g/mol. The van der Waals surface area contributed by atoms with Gasteiger partial charge in [0.05, 0.1) is 0 Å². The first kappa shape index (κ1) is 26.9. The number of aliphatic hydroxyl groups is 1. The topological polar surface area (TPSA) is 91.2 Å². The molecule has 3 aromatic carbocycles. The molecule has 0 radical (unpaired) electrons. The summed E-state index contributed by atoms with van der Waals surface area (Å²) in [6.07, 6.45) is 1.28. The molecule has 35 heavy (non-hydrogen) atoms. The van der Waals surface area contributed by atoms with Crippen molar-refractivity contribution in [2.75, 3.05) is 19.7 Å². The number of hydrogen-bond donors (Lipinski definition) is 4. The van der Waals surface area contributed by atoms with Gasteiger partial charge in [0.1, 0.15) is 24.2 Å². The van der Waals surface area contributed by atoms with Gasteiger partial charge in [-0.15, -0.1) is 0 Å². The van der Waals surface area contributed by atoms with Gasteiger partial charge < -0.3 is 29.5 Å². The summed E-state index contributed by atoms with van der Waals surface area (Å²) in [5, 5.41) is 13.3. The van der Waals surface area contributed by atoms with Gasteiger partial charge in [0.25, 0.3) is 0 Å². The van der Waals surface area contributed by atoms with Gasteiger partial charge in [-0.25, -0.2) is 0 Å². The molecule has 0 heterocycles. The molecule has 0 aromatic heterocycles. The van der Waals surface area contributed by atoms with Gasteiger partial charge in [-0.05, 0) is 71.5 Å². The summed E-state index contributed by atoms with van der Waals surface area (Å²) in [6.45, 7) is 5.82. The number of allylic oxidation sites excluding steroid dienone is 1. The minimum Gasteiger partial charge on any atom is -0.491 e. The first-order valence-electron chi connectivity index (χ1n) is 11.9. The molecule has 1 atom stereocenters. The lowest BCUT2D eigenvalue weighted by Gasteiger charge is -2.18. The fourth-order valence-electron chi connectivity index (χ4n) is 3.87. The Hall–Kier alpha value is -2.73. The highest BCUT2D eigenvalue weighted by Gasteiger charge is 2.14. The SMILES string of the molecule is CCCNCC(O)COc1ccc(C(=C(CC)c2ccccc2)c2ccc(OP(O)O)cc2)cc1. The van der Waals surface area contributed by atoms with Crippen molar-refractivity contribution in [1.82, 2.24) is 5.32 Å². The second-order valence-corrected chi connectivity index (χ2v) is 8.82. The Bertz CT molecular complexity index is 1050. The maximum Gasteiger partial charge on any atom is 0.391 e. The Morgan fingerprint density at radius 2 is 1.43 bits per heavy atom. The van der Waals surface area contributed by atoms with Crippen molar-refractivity contribution in [3.63, 3.8) is 0 Å². The first-order chi connectivity index (χ1) is 17.0. The minimum atomic E-state index is -2.46. The number of benzene rings is 3. The predicted molar refractivity (Wildman–Crippen MR) is 142 cm³/mol. The van der Waals surface area contributed by atoms with Gasteiger partial charge >= 0.3 is 8.60 Å². The van der Waals surface area contributed by atoms with E-state index >= 15 is 0 Å². The number of rotatable bonds is 13. The summed E-state index contributed by atoms with van der Waals surface area (Å²) in [5.74, 6) is 1.10. The molecule has 186 valence electrons. The Morgan fingerprint density at radius 3 is 1.97 bits per heavy atom. The van der Waals surface area contributed by atoms with E-state index in [1.54, 1.807) is 12.1 Å².